The number of aryl methyl sites for hydroxylation is 1. The molecule has 0 bridgehead atoms. The second-order valence-electron chi connectivity index (χ2n) is 6.33. The van der Waals surface area contributed by atoms with Crippen LogP contribution in [-0.4, -0.2) is 19.5 Å². The molecule has 2 fully saturated rings. The molecule has 2 heterocycles. The maximum Gasteiger partial charge on any atom is 0.163 e. The maximum atomic E-state index is 4.87. The molecule has 4 rings (SSSR count). The van der Waals surface area contributed by atoms with Gasteiger partial charge >= 0.3 is 0 Å². The zero-order valence-electron chi connectivity index (χ0n) is 12.6. The van der Waals surface area contributed by atoms with E-state index in [0.717, 1.165) is 30.3 Å². The lowest BCUT2D eigenvalue weighted by Gasteiger charge is -2.15. The van der Waals surface area contributed by atoms with Gasteiger partial charge in [0, 0.05) is 18.4 Å². The van der Waals surface area contributed by atoms with E-state index in [1.54, 1.807) is 0 Å². The highest BCUT2D eigenvalue weighted by Crippen LogP contribution is 2.42. The van der Waals surface area contributed by atoms with E-state index < -0.39 is 0 Å². The van der Waals surface area contributed by atoms with Crippen LogP contribution in [0.5, 0.6) is 0 Å². The van der Waals surface area contributed by atoms with Crippen molar-refractivity contribution in [2.45, 2.75) is 70.3 Å². The number of aromatic nitrogens is 4. The second-order valence-corrected chi connectivity index (χ2v) is 6.33. The lowest BCUT2D eigenvalue weighted by atomic mass is 10.0. The molecule has 0 spiro atoms. The van der Waals surface area contributed by atoms with Gasteiger partial charge in [-0.05, 0) is 32.1 Å². The van der Waals surface area contributed by atoms with E-state index >= 15 is 0 Å². The van der Waals surface area contributed by atoms with Gasteiger partial charge in [0.05, 0.1) is 12.0 Å². The monoisotopic (exact) mass is 306 g/mol. The third kappa shape index (κ3) is 2.66. The molecule has 2 aliphatic heterocycles. The van der Waals surface area contributed by atoms with Gasteiger partial charge in [-0.15, -0.1) is 12.4 Å². The van der Waals surface area contributed by atoms with Crippen molar-refractivity contribution in [1.82, 2.24) is 19.5 Å². The average molecular weight is 307 g/mol. The summed E-state index contributed by atoms with van der Waals surface area (Å²) in [7, 11) is 0. The molecule has 0 saturated heterocycles. The Morgan fingerprint density at radius 3 is 2.52 bits per heavy atom. The molecule has 4 nitrogen and oxygen atoms in total. The van der Waals surface area contributed by atoms with Crippen molar-refractivity contribution in [3.05, 3.63) is 17.8 Å². The minimum atomic E-state index is 0. The molecular weight excluding hydrogens is 284 g/mol. The van der Waals surface area contributed by atoms with E-state index in [2.05, 4.69) is 11.5 Å². The van der Waals surface area contributed by atoms with Gasteiger partial charge in [-0.25, -0.2) is 15.0 Å². The Hall–Kier alpha value is -1.16. The summed E-state index contributed by atoms with van der Waals surface area (Å²) in [5.41, 5.74) is 2.30. The lowest BCUT2D eigenvalue weighted by Crippen LogP contribution is -2.10. The van der Waals surface area contributed by atoms with Crippen LogP contribution in [0, 0.1) is 0 Å². The molecule has 5 heteroatoms. The van der Waals surface area contributed by atoms with Crippen molar-refractivity contribution in [1.29, 1.82) is 0 Å². The quantitative estimate of drug-likeness (QED) is 0.852. The predicted octanol–water partition coefficient (Wildman–Crippen LogP) is 4.14. The minimum Gasteiger partial charge on any atom is -0.315 e. The SMILES string of the molecule is CCCn1cnc(C2CCCC2)c2nc(C3CC3)nc1-2.Cl. The molecule has 2 aliphatic carbocycles. The van der Waals surface area contributed by atoms with Crippen LogP contribution in [0.2, 0.25) is 0 Å². The highest BCUT2D eigenvalue weighted by Gasteiger charge is 2.32. The van der Waals surface area contributed by atoms with Crippen LogP contribution in [0.4, 0.5) is 0 Å². The first-order valence-electron chi connectivity index (χ1n) is 8.09. The third-order valence-corrected chi connectivity index (χ3v) is 4.66. The number of hydrogen-bond donors (Lipinski definition) is 0. The highest BCUT2D eigenvalue weighted by atomic mass is 35.5. The smallest absolute Gasteiger partial charge is 0.163 e. The fraction of sp³-hybridized carbons (Fsp3) is 0.688. The van der Waals surface area contributed by atoms with Crippen LogP contribution in [0.25, 0.3) is 11.5 Å². The summed E-state index contributed by atoms with van der Waals surface area (Å²) in [5.74, 6) is 3.37. The fourth-order valence-corrected chi connectivity index (χ4v) is 3.40. The van der Waals surface area contributed by atoms with Crippen LogP contribution < -0.4 is 0 Å². The summed E-state index contributed by atoms with van der Waals surface area (Å²) in [5, 5.41) is 0. The summed E-state index contributed by atoms with van der Waals surface area (Å²) >= 11 is 0. The van der Waals surface area contributed by atoms with E-state index in [0.29, 0.717) is 11.8 Å². The molecule has 0 atom stereocenters. The fourth-order valence-electron chi connectivity index (χ4n) is 3.40. The molecule has 0 unspecified atom stereocenters. The Labute approximate surface area is 132 Å². The normalized spacial score (nSPS) is 19.1. The number of rotatable bonds is 4. The summed E-state index contributed by atoms with van der Waals surface area (Å²) in [4.78, 5) is 14.5. The predicted molar refractivity (Wildman–Crippen MR) is 85.2 cm³/mol. The Balaban J connectivity index is 0.00000132. The largest absolute Gasteiger partial charge is 0.315 e. The van der Waals surface area contributed by atoms with Crippen LogP contribution in [0.1, 0.15) is 75.2 Å². The number of halogens is 1. The van der Waals surface area contributed by atoms with Crippen LogP contribution >= 0.6 is 12.4 Å². The molecule has 2 saturated carbocycles. The van der Waals surface area contributed by atoms with E-state index in [9.17, 15) is 0 Å². The summed E-state index contributed by atoms with van der Waals surface area (Å²) in [6, 6.07) is 0. The molecule has 0 N–H and O–H groups in total. The zero-order chi connectivity index (χ0) is 13.5. The number of nitrogens with zero attached hydrogens (tertiary/aromatic N) is 4. The summed E-state index contributed by atoms with van der Waals surface area (Å²) < 4.78 is 2.19. The molecule has 0 aromatic carbocycles. The van der Waals surface area contributed by atoms with Gasteiger partial charge in [-0.3, -0.25) is 0 Å². The first-order valence-corrected chi connectivity index (χ1v) is 8.09. The Morgan fingerprint density at radius 1 is 1.10 bits per heavy atom. The van der Waals surface area contributed by atoms with Gasteiger partial charge in [-0.2, -0.15) is 0 Å². The van der Waals surface area contributed by atoms with Gasteiger partial charge in [-0.1, -0.05) is 19.8 Å². The van der Waals surface area contributed by atoms with Crippen LogP contribution in [-0.2, 0) is 6.54 Å². The second kappa shape index (κ2) is 5.91. The summed E-state index contributed by atoms with van der Waals surface area (Å²) in [6.45, 7) is 3.18. The van der Waals surface area contributed by atoms with Gasteiger partial charge < -0.3 is 4.57 Å². The van der Waals surface area contributed by atoms with Crippen molar-refractivity contribution in [3.8, 4) is 11.5 Å². The van der Waals surface area contributed by atoms with Crippen molar-refractivity contribution in [2.24, 2.45) is 0 Å². The van der Waals surface area contributed by atoms with E-state index in [1.807, 2.05) is 6.33 Å². The number of imidazole rings is 1. The lowest BCUT2D eigenvalue weighted by molar-refractivity contribution is 0.632. The van der Waals surface area contributed by atoms with E-state index in [4.69, 9.17) is 15.0 Å². The standard InChI is InChI=1S/C16H22N4.ClH/c1-2-9-20-10-17-13(11-5-3-4-6-11)14-16(20)19-15(18-14)12-7-8-12;/h10-12H,2-9H2,1H3;1H. The molecule has 0 amide bonds. The molecule has 0 radical (unpaired) electrons. The van der Waals surface area contributed by atoms with Crippen LogP contribution in [0.3, 0.4) is 0 Å². The third-order valence-electron chi connectivity index (χ3n) is 4.66. The van der Waals surface area contributed by atoms with Crippen molar-refractivity contribution >= 4 is 12.4 Å². The Bertz CT molecular complexity index is 584. The molecule has 0 aromatic rings. The van der Waals surface area contributed by atoms with Crippen molar-refractivity contribution < 1.29 is 0 Å². The van der Waals surface area contributed by atoms with E-state index in [-0.39, 0.29) is 12.4 Å². The Kier molecular flexibility index (Phi) is 4.16. The molecule has 21 heavy (non-hydrogen) atoms. The van der Waals surface area contributed by atoms with Crippen molar-refractivity contribution in [3.63, 3.8) is 0 Å². The first-order chi connectivity index (χ1) is 9.86. The van der Waals surface area contributed by atoms with Crippen molar-refractivity contribution in [2.75, 3.05) is 0 Å². The number of fused-ring (bicyclic) bond motifs is 1. The van der Waals surface area contributed by atoms with Crippen LogP contribution in [0.15, 0.2) is 6.33 Å². The summed E-state index contributed by atoms with van der Waals surface area (Å²) in [6.07, 6.45) is 10.8. The van der Waals surface area contributed by atoms with E-state index in [1.165, 1.54) is 44.2 Å². The molecule has 4 aliphatic rings. The highest BCUT2D eigenvalue weighted by molar-refractivity contribution is 5.85. The topological polar surface area (TPSA) is 43.6 Å². The minimum absolute atomic E-state index is 0. The van der Waals surface area contributed by atoms with Gasteiger partial charge in [0.1, 0.15) is 11.5 Å². The van der Waals surface area contributed by atoms with Gasteiger partial charge in [0.2, 0.25) is 0 Å². The van der Waals surface area contributed by atoms with Gasteiger partial charge in [0.15, 0.2) is 5.82 Å². The van der Waals surface area contributed by atoms with Gasteiger partial charge in [0.25, 0.3) is 0 Å². The number of hydrogen-bond acceptors (Lipinski definition) is 3. The Morgan fingerprint density at radius 2 is 1.86 bits per heavy atom. The molecule has 0 aromatic heterocycles. The zero-order valence-corrected chi connectivity index (χ0v) is 13.4. The average Bonchev–Trinajstić information content (AvgIpc) is 3.00. The molecule has 114 valence electrons. The first kappa shape index (κ1) is 14.8. The maximum absolute atomic E-state index is 4.87. The molecular formula is C16H23ClN4.